The largest absolute Gasteiger partial charge is 0.490 e. The van der Waals surface area contributed by atoms with E-state index in [1.165, 1.54) is 22.2 Å². The van der Waals surface area contributed by atoms with Gasteiger partial charge >= 0.3 is 0 Å². The minimum absolute atomic E-state index is 0.112. The van der Waals surface area contributed by atoms with Crippen molar-refractivity contribution in [3.63, 3.8) is 0 Å². The first-order valence-corrected chi connectivity index (χ1v) is 9.44. The van der Waals surface area contributed by atoms with Crippen molar-refractivity contribution in [2.45, 2.75) is 47.3 Å². The first-order valence-electron chi connectivity index (χ1n) is 8.62. The molecule has 1 N–H and O–H groups in total. The first kappa shape index (κ1) is 18.6. The van der Waals surface area contributed by atoms with Crippen LogP contribution in [0.1, 0.15) is 27.1 Å². The summed E-state index contributed by atoms with van der Waals surface area (Å²) in [6.45, 7) is 10.2. The molecule has 0 aliphatic carbocycles. The lowest BCUT2D eigenvalue weighted by molar-refractivity contribution is 0.0908. The van der Waals surface area contributed by atoms with Crippen LogP contribution < -0.4 is 10.3 Å². The van der Waals surface area contributed by atoms with Crippen molar-refractivity contribution in [1.29, 1.82) is 0 Å². The molecule has 5 nitrogen and oxygen atoms in total. The average molecular weight is 372 g/mol. The molecule has 0 saturated carbocycles. The molecular formula is C20H24N2O3S. The molecule has 2 aromatic heterocycles. The number of ether oxygens (including phenoxy) is 1. The van der Waals surface area contributed by atoms with Crippen LogP contribution in [0, 0.1) is 34.6 Å². The molecule has 1 unspecified atom stereocenters. The standard InChI is InChI=1S/C20H24N2O3S/c1-11-6-7-12(2)18(13(11)3)25-9-16(23)8-22-10-21-19-17(20(22)24)14(4)15(5)26-19/h6-7,10,16,23H,8-9H2,1-5H3. The average Bonchev–Trinajstić information content (AvgIpc) is 2.89. The summed E-state index contributed by atoms with van der Waals surface area (Å²) in [6.07, 6.45) is 0.707. The van der Waals surface area contributed by atoms with Gasteiger partial charge in [-0.3, -0.25) is 9.36 Å². The van der Waals surface area contributed by atoms with Gasteiger partial charge in [0.25, 0.3) is 5.56 Å². The lowest BCUT2D eigenvalue weighted by atomic mass is 10.1. The molecule has 0 aliphatic rings. The van der Waals surface area contributed by atoms with Crippen molar-refractivity contribution in [2.24, 2.45) is 0 Å². The summed E-state index contributed by atoms with van der Waals surface area (Å²) in [5, 5.41) is 11.0. The molecule has 3 rings (SSSR count). The van der Waals surface area contributed by atoms with Crippen LogP contribution in [0.15, 0.2) is 23.3 Å². The molecule has 0 fully saturated rings. The minimum atomic E-state index is -0.800. The highest BCUT2D eigenvalue weighted by molar-refractivity contribution is 7.18. The second-order valence-electron chi connectivity index (χ2n) is 6.78. The van der Waals surface area contributed by atoms with Crippen molar-refractivity contribution in [3.8, 4) is 5.75 Å². The second kappa shape index (κ2) is 7.21. The maximum Gasteiger partial charge on any atom is 0.262 e. The molecular weight excluding hydrogens is 348 g/mol. The molecule has 0 saturated heterocycles. The molecule has 3 aromatic rings. The van der Waals surface area contributed by atoms with E-state index >= 15 is 0 Å². The maximum absolute atomic E-state index is 12.7. The predicted molar refractivity (Wildman–Crippen MR) is 106 cm³/mol. The van der Waals surface area contributed by atoms with Gasteiger partial charge < -0.3 is 9.84 Å². The molecule has 0 bridgehead atoms. The van der Waals surface area contributed by atoms with Gasteiger partial charge in [0, 0.05) is 4.88 Å². The van der Waals surface area contributed by atoms with Crippen LogP contribution in [0.25, 0.3) is 10.2 Å². The fraction of sp³-hybridized carbons (Fsp3) is 0.400. The van der Waals surface area contributed by atoms with E-state index in [2.05, 4.69) is 11.1 Å². The van der Waals surface area contributed by atoms with E-state index in [1.807, 2.05) is 40.7 Å². The molecule has 1 atom stereocenters. The van der Waals surface area contributed by atoms with Gasteiger partial charge in [0.15, 0.2) is 0 Å². The highest BCUT2D eigenvalue weighted by Gasteiger charge is 2.15. The quantitative estimate of drug-likeness (QED) is 0.745. The number of aryl methyl sites for hydroxylation is 4. The third-order valence-corrected chi connectivity index (χ3v) is 5.97. The third kappa shape index (κ3) is 3.39. The highest BCUT2D eigenvalue weighted by atomic mass is 32.1. The summed E-state index contributed by atoms with van der Waals surface area (Å²) in [5.41, 5.74) is 4.11. The number of fused-ring (bicyclic) bond motifs is 1. The van der Waals surface area contributed by atoms with E-state index < -0.39 is 6.10 Å². The SMILES string of the molecule is Cc1ccc(C)c(OCC(O)Cn2cnc3sc(C)c(C)c3c2=O)c1C. The van der Waals surface area contributed by atoms with Crippen LogP contribution in [0.5, 0.6) is 5.75 Å². The van der Waals surface area contributed by atoms with E-state index in [0.29, 0.717) is 5.39 Å². The van der Waals surface area contributed by atoms with Crippen molar-refractivity contribution >= 4 is 21.6 Å². The number of aliphatic hydroxyl groups excluding tert-OH is 1. The summed E-state index contributed by atoms with van der Waals surface area (Å²) >= 11 is 1.52. The summed E-state index contributed by atoms with van der Waals surface area (Å²) in [5.74, 6) is 0.800. The van der Waals surface area contributed by atoms with Gasteiger partial charge in [0.2, 0.25) is 0 Å². The summed E-state index contributed by atoms with van der Waals surface area (Å²) < 4.78 is 7.32. The topological polar surface area (TPSA) is 64.3 Å². The zero-order chi connectivity index (χ0) is 19.0. The van der Waals surface area contributed by atoms with Crippen molar-refractivity contribution < 1.29 is 9.84 Å². The molecule has 2 heterocycles. The van der Waals surface area contributed by atoms with Crippen LogP contribution in [0.3, 0.4) is 0 Å². The smallest absolute Gasteiger partial charge is 0.262 e. The molecule has 1 aromatic carbocycles. The number of hydrogen-bond acceptors (Lipinski definition) is 5. The van der Waals surface area contributed by atoms with Gasteiger partial charge in [0.05, 0.1) is 18.3 Å². The second-order valence-corrected chi connectivity index (χ2v) is 7.99. The number of benzene rings is 1. The Morgan fingerprint density at radius 2 is 1.85 bits per heavy atom. The molecule has 0 amide bonds. The van der Waals surface area contributed by atoms with Crippen LogP contribution in [-0.4, -0.2) is 27.4 Å². The van der Waals surface area contributed by atoms with Crippen LogP contribution in [0.4, 0.5) is 0 Å². The van der Waals surface area contributed by atoms with Crippen LogP contribution >= 0.6 is 11.3 Å². The van der Waals surface area contributed by atoms with Gasteiger partial charge in [-0.1, -0.05) is 12.1 Å². The van der Waals surface area contributed by atoms with Gasteiger partial charge in [-0.25, -0.2) is 4.98 Å². The Morgan fingerprint density at radius 3 is 2.58 bits per heavy atom. The Bertz CT molecular complexity index is 1020. The fourth-order valence-corrected chi connectivity index (χ4v) is 3.99. The molecule has 6 heteroatoms. The first-order chi connectivity index (χ1) is 12.3. The summed E-state index contributed by atoms with van der Waals surface area (Å²) in [7, 11) is 0. The van der Waals surface area contributed by atoms with Gasteiger partial charge in [-0.2, -0.15) is 0 Å². The van der Waals surface area contributed by atoms with E-state index in [0.717, 1.165) is 37.7 Å². The van der Waals surface area contributed by atoms with E-state index in [1.54, 1.807) is 0 Å². The fourth-order valence-electron chi connectivity index (χ4n) is 3.01. The Balaban J connectivity index is 1.77. The Hall–Kier alpha value is -2.18. The summed E-state index contributed by atoms with van der Waals surface area (Å²) in [6, 6.07) is 4.06. The van der Waals surface area contributed by atoms with Crippen molar-refractivity contribution in [1.82, 2.24) is 9.55 Å². The third-order valence-electron chi connectivity index (χ3n) is 4.86. The maximum atomic E-state index is 12.7. The zero-order valence-corrected chi connectivity index (χ0v) is 16.6. The molecule has 26 heavy (non-hydrogen) atoms. The van der Waals surface area contributed by atoms with Crippen molar-refractivity contribution in [2.75, 3.05) is 6.61 Å². The number of thiophene rings is 1. The van der Waals surface area contributed by atoms with E-state index in [9.17, 15) is 9.90 Å². The Kier molecular flexibility index (Phi) is 5.16. The number of aromatic nitrogens is 2. The number of hydrogen-bond donors (Lipinski definition) is 1. The number of nitrogens with zero attached hydrogens (tertiary/aromatic N) is 2. The monoisotopic (exact) mass is 372 g/mol. The van der Waals surface area contributed by atoms with Crippen LogP contribution in [-0.2, 0) is 6.54 Å². The van der Waals surface area contributed by atoms with Gasteiger partial charge in [-0.15, -0.1) is 11.3 Å². The highest BCUT2D eigenvalue weighted by Crippen LogP contribution is 2.26. The molecule has 0 aliphatic heterocycles. The van der Waals surface area contributed by atoms with Gasteiger partial charge in [0.1, 0.15) is 23.3 Å². The summed E-state index contributed by atoms with van der Waals surface area (Å²) in [4.78, 5) is 18.9. The lowest BCUT2D eigenvalue weighted by Gasteiger charge is -2.17. The minimum Gasteiger partial charge on any atom is -0.490 e. The van der Waals surface area contributed by atoms with E-state index in [-0.39, 0.29) is 18.7 Å². The van der Waals surface area contributed by atoms with E-state index in [4.69, 9.17) is 4.74 Å². The predicted octanol–water partition coefficient (Wildman–Crippen LogP) is 3.44. The van der Waals surface area contributed by atoms with Crippen molar-refractivity contribution in [3.05, 3.63) is 55.9 Å². The molecule has 0 radical (unpaired) electrons. The Labute approximate surface area is 156 Å². The Morgan fingerprint density at radius 1 is 1.15 bits per heavy atom. The lowest BCUT2D eigenvalue weighted by Crippen LogP contribution is -2.30. The zero-order valence-electron chi connectivity index (χ0n) is 15.8. The molecule has 0 spiro atoms. The van der Waals surface area contributed by atoms with Crippen LogP contribution in [0.2, 0.25) is 0 Å². The number of rotatable bonds is 5. The normalized spacial score (nSPS) is 12.5. The molecule has 138 valence electrons. The number of aliphatic hydroxyl groups is 1. The van der Waals surface area contributed by atoms with Gasteiger partial charge in [-0.05, 0) is 56.9 Å².